The average Bonchev–Trinajstić information content (AvgIpc) is 2.99. The Bertz CT molecular complexity index is 347. The van der Waals surface area contributed by atoms with Crippen molar-refractivity contribution in [2.75, 3.05) is 25.6 Å². The third-order valence-corrected chi connectivity index (χ3v) is 6.28. The van der Waals surface area contributed by atoms with E-state index in [-0.39, 0.29) is 11.0 Å². The second kappa shape index (κ2) is 5.26. The number of carbonyl (C=O) groups is 1. The molecule has 19 heavy (non-hydrogen) atoms. The lowest BCUT2D eigenvalue weighted by molar-refractivity contribution is -0.138. The predicted molar refractivity (Wildman–Crippen MR) is 73.5 cm³/mol. The summed E-state index contributed by atoms with van der Waals surface area (Å²) >= 11 is 1.97. The number of carboxylic acids is 1. The Morgan fingerprint density at radius 2 is 2.16 bits per heavy atom. The molecular weight excluding hydrogens is 264 g/mol. The molecule has 2 atom stereocenters. The van der Waals surface area contributed by atoms with E-state index in [0.29, 0.717) is 11.7 Å². The van der Waals surface area contributed by atoms with Crippen LogP contribution in [0.5, 0.6) is 0 Å². The lowest BCUT2D eigenvalue weighted by Gasteiger charge is -2.37. The molecule has 2 unspecified atom stereocenters. The van der Waals surface area contributed by atoms with Crippen LogP contribution in [-0.4, -0.2) is 47.5 Å². The fourth-order valence-electron chi connectivity index (χ4n) is 3.15. The maximum Gasteiger partial charge on any atom is 0.303 e. The van der Waals surface area contributed by atoms with E-state index in [2.05, 4.69) is 0 Å². The van der Waals surface area contributed by atoms with Gasteiger partial charge in [-0.1, -0.05) is 0 Å². The largest absolute Gasteiger partial charge is 0.481 e. The Balaban J connectivity index is 1.49. The topological polar surface area (TPSA) is 55.8 Å². The Kier molecular flexibility index (Phi) is 3.80. The van der Waals surface area contributed by atoms with Crippen LogP contribution >= 0.6 is 11.8 Å². The molecule has 2 heterocycles. The summed E-state index contributed by atoms with van der Waals surface area (Å²) in [5, 5.41) is 9.56. The molecule has 5 heteroatoms. The molecule has 3 rings (SSSR count). The van der Waals surface area contributed by atoms with E-state index >= 15 is 0 Å². The molecular formula is C14H22O4S. The van der Waals surface area contributed by atoms with Gasteiger partial charge in [0.25, 0.3) is 0 Å². The van der Waals surface area contributed by atoms with Crippen molar-refractivity contribution in [1.82, 2.24) is 0 Å². The molecule has 2 saturated heterocycles. The lowest BCUT2D eigenvalue weighted by atomic mass is 9.93. The molecule has 1 N–H and O–H groups in total. The van der Waals surface area contributed by atoms with Crippen molar-refractivity contribution in [3.05, 3.63) is 0 Å². The number of hydrogen-bond donors (Lipinski definition) is 1. The fourth-order valence-corrected chi connectivity index (χ4v) is 4.82. The van der Waals surface area contributed by atoms with Gasteiger partial charge in [-0.25, -0.2) is 0 Å². The molecule has 108 valence electrons. The summed E-state index contributed by atoms with van der Waals surface area (Å²) in [5.41, 5.74) is 0.0770. The zero-order chi connectivity index (χ0) is 13.3. The molecule has 1 saturated carbocycles. The Hall–Kier alpha value is -0.260. The maximum atomic E-state index is 10.9. The lowest BCUT2D eigenvalue weighted by Crippen LogP contribution is -2.41. The van der Waals surface area contributed by atoms with Crippen molar-refractivity contribution in [2.45, 2.75) is 49.4 Å². The third-order valence-electron chi connectivity index (χ3n) is 4.62. The smallest absolute Gasteiger partial charge is 0.303 e. The minimum absolute atomic E-state index is 0.0283. The first-order valence-corrected chi connectivity index (χ1v) is 8.22. The van der Waals surface area contributed by atoms with Gasteiger partial charge in [0.15, 0.2) is 0 Å². The van der Waals surface area contributed by atoms with E-state index in [9.17, 15) is 4.79 Å². The average molecular weight is 286 g/mol. The van der Waals surface area contributed by atoms with Gasteiger partial charge in [-0.05, 0) is 36.9 Å². The molecule has 0 aromatic carbocycles. The van der Waals surface area contributed by atoms with Gasteiger partial charge in [0.2, 0.25) is 0 Å². The maximum absolute atomic E-state index is 10.9. The van der Waals surface area contributed by atoms with Crippen molar-refractivity contribution in [2.24, 2.45) is 5.41 Å². The molecule has 0 aromatic rings. The van der Waals surface area contributed by atoms with Gasteiger partial charge in [-0.2, -0.15) is 11.8 Å². The summed E-state index contributed by atoms with van der Waals surface area (Å²) in [6, 6.07) is 0. The Labute approximate surface area is 118 Å². The number of ether oxygens (including phenoxy) is 2. The summed E-state index contributed by atoms with van der Waals surface area (Å²) in [6.45, 7) is 2.39. The zero-order valence-electron chi connectivity index (χ0n) is 11.2. The summed E-state index contributed by atoms with van der Waals surface area (Å²) in [5.74, 6) is 0.353. The molecule has 0 aromatic heterocycles. The van der Waals surface area contributed by atoms with Crippen LogP contribution in [0.4, 0.5) is 0 Å². The Morgan fingerprint density at radius 1 is 1.32 bits per heavy atom. The SMILES string of the molecule is O=C(O)CC1(CSC2CCOC3(CCOC3)C2)CC1. The van der Waals surface area contributed by atoms with Crippen molar-refractivity contribution in [3.8, 4) is 0 Å². The molecule has 4 nitrogen and oxygen atoms in total. The summed E-state index contributed by atoms with van der Waals surface area (Å²) in [7, 11) is 0. The van der Waals surface area contributed by atoms with Crippen LogP contribution in [0.3, 0.4) is 0 Å². The standard InChI is InChI=1S/C14H22O4S/c15-12(16)8-13(2-3-13)10-19-11-1-5-18-14(7-11)4-6-17-9-14/h11H,1-10H2,(H,15,16). The monoisotopic (exact) mass is 286 g/mol. The molecule has 3 aliphatic rings. The van der Waals surface area contributed by atoms with E-state index in [4.69, 9.17) is 14.6 Å². The van der Waals surface area contributed by atoms with Crippen molar-refractivity contribution < 1.29 is 19.4 Å². The first kappa shape index (κ1) is 13.7. The number of hydrogen-bond acceptors (Lipinski definition) is 4. The second-order valence-corrected chi connectivity index (χ2v) is 7.62. The predicted octanol–water partition coefficient (Wildman–Crippen LogP) is 2.31. The van der Waals surface area contributed by atoms with Gasteiger partial charge in [0.1, 0.15) is 0 Å². The van der Waals surface area contributed by atoms with Crippen molar-refractivity contribution >= 4 is 17.7 Å². The minimum Gasteiger partial charge on any atom is -0.481 e. The minimum atomic E-state index is -0.647. The summed E-state index contributed by atoms with van der Waals surface area (Å²) < 4.78 is 11.4. The van der Waals surface area contributed by atoms with Crippen LogP contribution < -0.4 is 0 Å². The van der Waals surface area contributed by atoms with E-state index in [1.165, 1.54) is 0 Å². The normalized spacial score (nSPS) is 36.5. The molecule has 1 spiro atoms. The quantitative estimate of drug-likeness (QED) is 0.840. The fraction of sp³-hybridized carbons (Fsp3) is 0.929. The summed E-state index contributed by atoms with van der Waals surface area (Å²) in [6.07, 6.45) is 5.70. The van der Waals surface area contributed by atoms with Crippen LogP contribution in [0.2, 0.25) is 0 Å². The first-order valence-electron chi connectivity index (χ1n) is 7.17. The van der Waals surface area contributed by atoms with Crippen LogP contribution in [0.15, 0.2) is 0 Å². The van der Waals surface area contributed by atoms with Gasteiger partial charge in [0, 0.05) is 24.9 Å². The highest BCUT2D eigenvalue weighted by Crippen LogP contribution is 2.52. The van der Waals surface area contributed by atoms with Crippen molar-refractivity contribution in [1.29, 1.82) is 0 Å². The zero-order valence-corrected chi connectivity index (χ0v) is 12.0. The van der Waals surface area contributed by atoms with Gasteiger partial charge in [0.05, 0.1) is 18.6 Å². The highest BCUT2D eigenvalue weighted by Gasteiger charge is 2.46. The molecule has 0 amide bonds. The second-order valence-electron chi connectivity index (χ2n) is 6.33. The molecule has 0 bridgehead atoms. The number of rotatable bonds is 5. The van der Waals surface area contributed by atoms with E-state index in [1.54, 1.807) is 0 Å². The Morgan fingerprint density at radius 3 is 2.79 bits per heavy atom. The van der Waals surface area contributed by atoms with Crippen LogP contribution in [0.25, 0.3) is 0 Å². The van der Waals surface area contributed by atoms with E-state index in [0.717, 1.165) is 57.7 Å². The van der Waals surface area contributed by atoms with Gasteiger partial charge in [-0.15, -0.1) is 0 Å². The highest BCUT2D eigenvalue weighted by molar-refractivity contribution is 7.99. The number of aliphatic carboxylic acids is 1. The number of thioether (sulfide) groups is 1. The van der Waals surface area contributed by atoms with Crippen LogP contribution in [0, 0.1) is 5.41 Å². The van der Waals surface area contributed by atoms with E-state index in [1.807, 2.05) is 11.8 Å². The highest BCUT2D eigenvalue weighted by atomic mass is 32.2. The van der Waals surface area contributed by atoms with Crippen LogP contribution in [0.1, 0.15) is 38.5 Å². The van der Waals surface area contributed by atoms with Gasteiger partial charge < -0.3 is 14.6 Å². The molecule has 2 aliphatic heterocycles. The van der Waals surface area contributed by atoms with Crippen molar-refractivity contribution in [3.63, 3.8) is 0 Å². The van der Waals surface area contributed by atoms with E-state index < -0.39 is 5.97 Å². The molecule has 0 radical (unpaired) electrons. The third kappa shape index (κ3) is 3.26. The molecule has 1 aliphatic carbocycles. The number of carboxylic acid groups (broad SMARTS) is 1. The van der Waals surface area contributed by atoms with Gasteiger partial charge in [-0.3, -0.25) is 4.79 Å². The van der Waals surface area contributed by atoms with Gasteiger partial charge >= 0.3 is 5.97 Å². The first-order chi connectivity index (χ1) is 9.12. The summed E-state index contributed by atoms with van der Waals surface area (Å²) in [4.78, 5) is 10.9. The molecule has 3 fully saturated rings. The van der Waals surface area contributed by atoms with Crippen LogP contribution in [-0.2, 0) is 14.3 Å².